The molecule has 0 spiro atoms. The molecular formula is C10H8NO. The molecule has 12 heavy (non-hydrogen) atoms. The number of rotatable bonds is 1. The van der Waals surface area contributed by atoms with Crippen LogP contribution in [-0.4, -0.2) is 10.1 Å². The van der Waals surface area contributed by atoms with Crippen LogP contribution in [0.15, 0.2) is 30.3 Å². The van der Waals surface area contributed by atoms with Gasteiger partial charge in [0.2, 0.25) is 0 Å². The predicted octanol–water partition coefficient (Wildman–Crippen LogP) is 1.53. The molecule has 0 atom stereocenters. The third kappa shape index (κ3) is 1.17. The monoisotopic (exact) mass is 158 g/mol. The number of aliphatic hydroxyl groups excluding tert-OH is 1. The van der Waals surface area contributed by atoms with Gasteiger partial charge in [-0.1, -0.05) is 12.1 Å². The smallest absolute Gasteiger partial charge is 0.0853 e. The van der Waals surface area contributed by atoms with Crippen LogP contribution in [0.25, 0.3) is 10.9 Å². The molecule has 1 radical (unpaired) electrons. The van der Waals surface area contributed by atoms with Gasteiger partial charge in [-0.2, -0.15) is 0 Å². The van der Waals surface area contributed by atoms with Gasteiger partial charge in [-0.3, -0.25) is 4.98 Å². The van der Waals surface area contributed by atoms with Crippen LogP contribution in [0.4, 0.5) is 0 Å². The van der Waals surface area contributed by atoms with E-state index < -0.39 is 0 Å². The normalized spacial score (nSPS) is 10.4. The van der Waals surface area contributed by atoms with Crippen molar-refractivity contribution in [1.29, 1.82) is 0 Å². The van der Waals surface area contributed by atoms with E-state index in [1.165, 1.54) is 0 Å². The number of hydrogen-bond acceptors (Lipinski definition) is 2. The van der Waals surface area contributed by atoms with Gasteiger partial charge >= 0.3 is 0 Å². The highest BCUT2D eigenvalue weighted by Crippen LogP contribution is 2.10. The van der Waals surface area contributed by atoms with E-state index in [4.69, 9.17) is 5.11 Å². The Balaban J connectivity index is 2.67. The third-order valence-electron chi connectivity index (χ3n) is 1.75. The molecular weight excluding hydrogens is 150 g/mol. The molecule has 0 unspecified atom stereocenters. The Morgan fingerprint density at radius 3 is 3.08 bits per heavy atom. The molecule has 0 saturated carbocycles. The summed E-state index contributed by atoms with van der Waals surface area (Å²) in [5.74, 6) is 0. The van der Waals surface area contributed by atoms with Gasteiger partial charge in [0.1, 0.15) is 0 Å². The van der Waals surface area contributed by atoms with Gasteiger partial charge < -0.3 is 5.11 Å². The Morgan fingerprint density at radius 2 is 2.25 bits per heavy atom. The van der Waals surface area contributed by atoms with Crippen molar-refractivity contribution in [3.63, 3.8) is 0 Å². The molecule has 1 aromatic heterocycles. The van der Waals surface area contributed by atoms with Crippen molar-refractivity contribution < 1.29 is 5.11 Å². The largest absolute Gasteiger partial charge is 0.390 e. The summed E-state index contributed by atoms with van der Waals surface area (Å²) in [6, 6.07) is 12.3. The summed E-state index contributed by atoms with van der Waals surface area (Å²) in [6.07, 6.45) is 0. The van der Waals surface area contributed by atoms with Crippen molar-refractivity contribution >= 4 is 10.9 Å². The van der Waals surface area contributed by atoms with Crippen LogP contribution in [0.2, 0.25) is 0 Å². The lowest BCUT2D eigenvalue weighted by atomic mass is 10.2. The van der Waals surface area contributed by atoms with Gasteiger partial charge in [-0.15, -0.1) is 0 Å². The second-order valence-electron chi connectivity index (χ2n) is 2.58. The van der Waals surface area contributed by atoms with Crippen molar-refractivity contribution in [2.75, 3.05) is 0 Å². The van der Waals surface area contributed by atoms with E-state index in [1.807, 2.05) is 30.3 Å². The molecule has 59 valence electrons. The van der Waals surface area contributed by atoms with Gasteiger partial charge in [0.05, 0.1) is 17.8 Å². The van der Waals surface area contributed by atoms with Gasteiger partial charge in [0.25, 0.3) is 0 Å². The first-order valence-corrected chi connectivity index (χ1v) is 3.77. The number of pyridine rings is 1. The molecule has 0 aliphatic carbocycles. The number of fused-ring (bicyclic) bond motifs is 1. The van der Waals surface area contributed by atoms with Crippen LogP contribution in [0.5, 0.6) is 0 Å². The first-order valence-electron chi connectivity index (χ1n) is 3.77. The molecule has 1 N–H and O–H groups in total. The summed E-state index contributed by atoms with van der Waals surface area (Å²) < 4.78 is 0. The molecule has 0 aliphatic heterocycles. The summed E-state index contributed by atoms with van der Waals surface area (Å²) >= 11 is 0. The zero-order valence-corrected chi connectivity index (χ0v) is 6.49. The highest BCUT2D eigenvalue weighted by atomic mass is 16.3. The van der Waals surface area contributed by atoms with E-state index in [9.17, 15) is 0 Å². The number of hydrogen-bond donors (Lipinski definition) is 1. The van der Waals surface area contributed by atoms with E-state index in [2.05, 4.69) is 11.1 Å². The minimum Gasteiger partial charge on any atom is -0.390 e. The SMILES string of the molecule is OCc1ccc2c[c]ccc2n1. The second-order valence-corrected chi connectivity index (χ2v) is 2.58. The zero-order chi connectivity index (χ0) is 8.39. The Hall–Kier alpha value is -1.41. The third-order valence-corrected chi connectivity index (χ3v) is 1.75. The van der Waals surface area contributed by atoms with Gasteiger partial charge in [0.15, 0.2) is 0 Å². The molecule has 2 nitrogen and oxygen atoms in total. The average molecular weight is 158 g/mol. The molecule has 1 heterocycles. The van der Waals surface area contributed by atoms with Crippen LogP contribution in [0.3, 0.4) is 0 Å². The zero-order valence-electron chi connectivity index (χ0n) is 6.49. The Morgan fingerprint density at radius 1 is 1.33 bits per heavy atom. The molecule has 2 rings (SSSR count). The summed E-state index contributed by atoms with van der Waals surface area (Å²) in [4.78, 5) is 4.22. The maximum atomic E-state index is 8.83. The minimum absolute atomic E-state index is 0.00541. The highest BCUT2D eigenvalue weighted by molar-refractivity contribution is 5.78. The lowest BCUT2D eigenvalue weighted by Gasteiger charge is -1.98. The molecule has 0 aliphatic rings. The molecule has 0 bridgehead atoms. The van der Waals surface area contributed by atoms with Crippen LogP contribution in [0, 0.1) is 6.07 Å². The number of benzene rings is 1. The standard InChI is InChI=1S/C10H8NO/c12-7-9-6-5-8-3-1-2-4-10(8)11-9/h2-6,12H,7H2. The first kappa shape index (κ1) is 7.25. The lowest BCUT2D eigenvalue weighted by Crippen LogP contribution is -1.88. The Labute approximate surface area is 70.5 Å². The molecule has 1 aromatic carbocycles. The van der Waals surface area contributed by atoms with Crippen molar-refractivity contribution in [2.24, 2.45) is 0 Å². The van der Waals surface area contributed by atoms with Crippen molar-refractivity contribution in [3.8, 4) is 0 Å². The highest BCUT2D eigenvalue weighted by Gasteiger charge is 1.94. The fraction of sp³-hybridized carbons (Fsp3) is 0.100. The summed E-state index contributed by atoms with van der Waals surface area (Å²) in [5, 5.41) is 9.88. The maximum absolute atomic E-state index is 8.83. The number of aromatic nitrogens is 1. The molecule has 2 heteroatoms. The van der Waals surface area contributed by atoms with E-state index in [0.29, 0.717) is 5.69 Å². The Bertz CT molecular complexity index is 398. The van der Waals surface area contributed by atoms with E-state index in [0.717, 1.165) is 10.9 Å². The fourth-order valence-corrected chi connectivity index (χ4v) is 1.14. The van der Waals surface area contributed by atoms with Crippen molar-refractivity contribution in [3.05, 3.63) is 42.1 Å². The Kier molecular flexibility index (Phi) is 1.76. The second kappa shape index (κ2) is 2.91. The van der Waals surface area contributed by atoms with Crippen molar-refractivity contribution in [1.82, 2.24) is 4.98 Å². The molecule has 2 aromatic rings. The van der Waals surface area contributed by atoms with Crippen molar-refractivity contribution in [2.45, 2.75) is 6.61 Å². The van der Waals surface area contributed by atoms with E-state index >= 15 is 0 Å². The number of aliphatic hydroxyl groups is 1. The van der Waals surface area contributed by atoms with Crippen LogP contribution >= 0.6 is 0 Å². The van der Waals surface area contributed by atoms with Gasteiger partial charge in [-0.25, -0.2) is 0 Å². The number of nitrogens with zero attached hydrogens (tertiary/aromatic N) is 1. The van der Waals surface area contributed by atoms with Crippen LogP contribution in [0.1, 0.15) is 5.69 Å². The lowest BCUT2D eigenvalue weighted by molar-refractivity contribution is 0.277. The predicted molar refractivity (Wildman–Crippen MR) is 46.5 cm³/mol. The first-order chi connectivity index (χ1) is 5.90. The van der Waals surface area contributed by atoms with Crippen LogP contribution < -0.4 is 0 Å². The summed E-state index contributed by atoms with van der Waals surface area (Å²) in [7, 11) is 0. The topological polar surface area (TPSA) is 33.1 Å². The van der Waals surface area contributed by atoms with Gasteiger partial charge in [0, 0.05) is 5.39 Å². The molecule has 0 amide bonds. The van der Waals surface area contributed by atoms with E-state index in [1.54, 1.807) is 0 Å². The fourth-order valence-electron chi connectivity index (χ4n) is 1.14. The molecule has 0 fully saturated rings. The van der Waals surface area contributed by atoms with Gasteiger partial charge in [-0.05, 0) is 24.3 Å². The van der Waals surface area contributed by atoms with Crippen LogP contribution in [-0.2, 0) is 6.61 Å². The van der Waals surface area contributed by atoms with E-state index in [-0.39, 0.29) is 6.61 Å². The summed E-state index contributed by atoms with van der Waals surface area (Å²) in [5.41, 5.74) is 1.61. The quantitative estimate of drug-likeness (QED) is 0.682. The minimum atomic E-state index is -0.00541. The molecule has 0 saturated heterocycles. The average Bonchev–Trinajstić information content (AvgIpc) is 2.17. The summed E-state index contributed by atoms with van der Waals surface area (Å²) in [6.45, 7) is -0.00541. The maximum Gasteiger partial charge on any atom is 0.0853 e.